The molecule has 0 amide bonds. The summed E-state index contributed by atoms with van der Waals surface area (Å²) in [6.45, 7) is 1.89. The van der Waals surface area contributed by atoms with Crippen molar-refractivity contribution in [1.29, 1.82) is 0 Å². The van der Waals surface area contributed by atoms with E-state index in [4.69, 9.17) is 10.2 Å². The maximum absolute atomic E-state index is 8.94. The number of hydrogen-bond donors (Lipinski definition) is 3. The molecule has 0 aliphatic heterocycles. The monoisotopic (exact) mass is 273 g/mol. The molecule has 0 spiro atoms. The van der Waals surface area contributed by atoms with Crippen LogP contribution in [0.2, 0.25) is 0 Å². The van der Waals surface area contributed by atoms with Crippen LogP contribution in [0, 0.1) is 0 Å². The lowest BCUT2D eigenvalue weighted by Crippen LogP contribution is -2.37. The first-order valence-electron chi connectivity index (χ1n) is 4.90. The highest BCUT2D eigenvalue weighted by Crippen LogP contribution is 2.16. The normalized spacial score (nSPS) is 13.1. The Labute approximate surface area is 98.3 Å². The molecule has 0 fully saturated rings. The van der Waals surface area contributed by atoms with Gasteiger partial charge in [0.05, 0.1) is 19.3 Å². The fraction of sp³-hybridized carbons (Fsp3) is 0.455. The Morgan fingerprint density at radius 1 is 1.20 bits per heavy atom. The molecule has 3 nitrogen and oxygen atoms in total. The molecule has 0 saturated carbocycles. The Kier molecular flexibility index (Phi) is 5.25. The lowest BCUT2D eigenvalue weighted by molar-refractivity contribution is 0.163. The second-order valence-electron chi connectivity index (χ2n) is 3.50. The van der Waals surface area contributed by atoms with Gasteiger partial charge in [0.15, 0.2) is 0 Å². The first kappa shape index (κ1) is 12.6. The van der Waals surface area contributed by atoms with Crippen LogP contribution in [0.15, 0.2) is 28.7 Å². The molecule has 0 aliphatic carbocycles. The van der Waals surface area contributed by atoms with Gasteiger partial charge in [0.25, 0.3) is 0 Å². The van der Waals surface area contributed by atoms with Crippen molar-refractivity contribution in [3.63, 3.8) is 0 Å². The first-order valence-corrected chi connectivity index (χ1v) is 5.70. The number of nitrogens with one attached hydrogen (secondary N) is 1. The fourth-order valence-electron chi connectivity index (χ4n) is 1.36. The van der Waals surface area contributed by atoms with Crippen LogP contribution in [0.25, 0.3) is 0 Å². The molecule has 0 aliphatic rings. The zero-order valence-corrected chi connectivity index (χ0v) is 10.2. The van der Waals surface area contributed by atoms with E-state index in [0.29, 0.717) is 0 Å². The average molecular weight is 274 g/mol. The van der Waals surface area contributed by atoms with Crippen LogP contribution in [0.4, 0.5) is 0 Å². The molecule has 0 saturated heterocycles. The van der Waals surface area contributed by atoms with Crippen molar-refractivity contribution in [3.8, 4) is 0 Å². The van der Waals surface area contributed by atoms with E-state index in [1.165, 1.54) is 0 Å². The van der Waals surface area contributed by atoms with Crippen molar-refractivity contribution < 1.29 is 10.2 Å². The van der Waals surface area contributed by atoms with Gasteiger partial charge in [-0.2, -0.15) is 0 Å². The van der Waals surface area contributed by atoms with Crippen LogP contribution in [0.3, 0.4) is 0 Å². The van der Waals surface area contributed by atoms with Crippen LogP contribution < -0.4 is 5.32 Å². The van der Waals surface area contributed by atoms with E-state index in [2.05, 4.69) is 21.2 Å². The first-order chi connectivity index (χ1) is 7.17. The van der Waals surface area contributed by atoms with Gasteiger partial charge in [-0.1, -0.05) is 28.1 Å². The van der Waals surface area contributed by atoms with Gasteiger partial charge in [-0.3, -0.25) is 0 Å². The number of hydrogen-bond acceptors (Lipinski definition) is 3. The number of aliphatic hydroxyl groups is 2. The molecule has 1 aromatic rings. The van der Waals surface area contributed by atoms with Crippen LogP contribution >= 0.6 is 15.9 Å². The third-order valence-electron chi connectivity index (χ3n) is 2.30. The second kappa shape index (κ2) is 6.23. The van der Waals surface area contributed by atoms with E-state index in [-0.39, 0.29) is 25.3 Å². The molecule has 1 atom stereocenters. The predicted octanol–water partition coefficient (Wildman–Crippen LogP) is 1.45. The molecule has 15 heavy (non-hydrogen) atoms. The third-order valence-corrected chi connectivity index (χ3v) is 2.83. The maximum atomic E-state index is 8.94. The van der Waals surface area contributed by atoms with Gasteiger partial charge < -0.3 is 15.5 Å². The van der Waals surface area contributed by atoms with Crippen molar-refractivity contribution in [2.75, 3.05) is 13.2 Å². The molecule has 0 bridgehead atoms. The highest BCUT2D eigenvalue weighted by atomic mass is 79.9. The molecule has 1 aromatic carbocycles. The van der Waals surface area contributed by atoms with Gasteiger partial charge in [0.2, 0.25) is 0 Å². The summed E-state index contributed by atoms with van der Waals surface area (Å²) in [5.41, 5.74) is 1.13. The zero-order valence-electron chi connectivity index (χ0n) is 8.65. The van der Waals surface area contributed by atoms with Gasteiger partial charge in [0.1, 0.15) is 0 Å². The summed E-state index contributed by atoms with van der Waals surface area (Å²) in [6.07, 6.45) is 0. The average Bonchev–Trinajstić information content (AvgIpc) is 2.26. The number of benzene rings is 1. The van der Waals surface area contributed by atoms with Crippen LogP contribution in [-0.4, -0.2) is 29.5 Å². The zero-order chi connectivity index (χ0) is 11.3. The summed E-state index contributed by atoms with van der Waals surface area (Å²) in [7, 11) is 0. The fourth-order valence-corrected chi connectivity index (χ4v) is 1.63. The Morgan fingerprint density at radius 2 is 1.73 bits per heavy atom. The van der Waals surface area contributed by atoms with Gasteiger partial charge in [0, 0.05) is 10.5 Å². The number of aliphatic hydroxyl groups excluding tert-OH is 2. The quantitative estimate of drug-likeness (QED) is 0.761. The van der Waals surface area contributed by atoms with Gasteiger partial charge >= 0.3 is 0 Å². The molecule has 84 valence electrons. The molecule has 0 heterocycles. The van der Waals surface area contributed by atoms with E-state index in [0.717, 1.165) is 10.0 Å². The van der Waals surface area contributed by atoms with E-state index < -0.39 is 0 Å². The molecule has 1 rings (SSSR count). The minimum absolute atomic E-state index is 0.0582. The molecular formula is C11H16BrNO2. The highest BCUT2D eigenvalue weighted by molar-refractivity contribution is 9.10. The minimum atomic E-state index is -0.261. The lowest BCUT2D eigenvalue weighted by atomic mass is 10.1. The number of rotatable bonds is 5. The SMILES string of the molecule is CC(NC(CO)CO)c1ccc(Br)cc1. The summed E-state index contributed by atoms with van der Waals surface area (Å²) >= 11 is 3.37. The van der Waals surface area contributed by atoms with E-state index in [1.807, 2.05) is 31.2 Å². The number of halogens is 1. The smallest absolute Gasteiger partial charge is 0.0607 e. The highest BCUT2D eigenvalue weighted by Gasteiger charge is 2.11. The minimum Gasteiger partial charge on any atom is -0.395 e. The van der Waals surface area contributed by atoms with Crippen LogP contribution in [0.5, 0.6) is 0 Å². The van der Waals surface area contributed by atoms with E-state index in [1.54, 1.807) is 0 Å². The summed E-state index contributed by atoms with van der Waals surface area (Å²) in [5.74, 6) is 0. The summed E-state index contributed by atoms with van der Waals surface area (Å²) in [5, 5.41) is 21.0. The Hall–Kier alpha value is -0.420. The Bertz CT molecular complexity index is 285. The standard InChI is InChI=1S/C11H16BrNO2/c1-8(13-11(6-14)7-15)9-2-4-10(12)5-3-9/h2-5,8,11,13-15H,6-7H2,1H3. The van der Waals surface area contributed by atoms with Crippen molar-refractivity contribution in [2.45, 2.75) is 19.0 Å². The largest absolute Gasteiger partial charge is 0.395 e. The van der Waals surface area contributed by atoms with Crippen molar-refractivity contribution in [3.05, 3.63) is 34.3 Å². The molecule has 1 unspecified atom stereocenters. The lowest BCUT2D eigenvalue weighted by Gasteiger charge is -2.20. The van der Waals surface area contributed by atoms with Crippen LogP contribution in [0.1, 0.15) is 18.5 Å². The third kappa shape index (κ3) is 3.91. The van der Waals surface area contributed by atoms with Crippen molar-refractivity contribution in [2.24, 2.45) is 0 Å². The van der Waals surface area contributed by atoms with E-state index in [9.17, 15) is 0 Å². The molecule has 3 N–H and O–H groups in total. The van der Waals surface area contributed by atoms with Gasteiger partial charge in [-0.15, -0.1) is 0 Å². The molecule has 0 aromatic heterocycles. The Morgan fingerprint density at radius 3 is 2.20 bits per heavy atom. The van der Waals surface area contributed by atoms with Crippen molar-refractivity contribution in [1.82, 2.24) is 5.32 Å². The summed E-state index contributed by atoms with van der Waals surface area (Å²) in [4.78, 5) is 0. The van der Waals surface area contributed by atoms with Crippen LogP contribution in [-0.2, 0) is 0 Å². The second-order valence-corrected chi connectivity index (χ2v) is 4.42. The topological polar surface area (TPSA) is 52.5 Å². The summed E-state index contributed by atoms with van der Waals surface area (Å²) in [6, 6.07) is 7.81. The molecular weight excluding hydrogens is 258 g/mol. The molecule has 4 heteroatoms. The molecule has 0 radical (unpaired) electrons. The predicted molar refractivity (Wildman–Crippen MR) is 63.7 cm³/mol. The summed E-state index contributed by atoms with van der Waals surface area (Å²) < 4.78 is 1.04. The maximum Gasteiger partial charge on any atom is 0.0607 e. The van der Waals surface area contributed by atoms with Crippen molar-refractivity contribution >= 4 is 15.9 Å². The van der Waals surface area contributed by atoms with Gasteiger partial charge in [-0.05, 0) is 24.6 Å². The van der Waals surface area contributed by atoms with Gasteiger partial charge in [-0.25, -0.2) is 0 Å². The Balaban J connectivity index is 2.60. The van der Waals surface area contributed by atoms with E-state index >= 15 is 0 Å².